The zero-order chi connectivity index (χ0) is 16.3. The van der Waals surface area contributed by atoms with Crippen molar-refractivity contribution in [3.63, 3.8) is 0 Å². The van der Waals surface area contributed by atoms with Crippen LogP contribution in [-0.2, 0) is 6.54 Å². The summed E-state index contributed by atoms with van der Waals surface area (Å²) in [6, 6.07) is 11.5. The van der Waals surface area contributed by atoms with Crippen molar-refractivity contribution in [3.05, 3.63) is 53.5 Å². The summed E-state index contributed by atoms with van der Waals surface area (Å²) in [6.07, 6.45) is 0. The number of alkyl halides is 1. The van der Waals surface area contributed by atoms with E-state index < -0.39 is 0 Å². The molecule has 0 fully saturated rings. The van der Waals surface area contributed by atoms with Crippen LogP contribution in [0.2, 0.25) is 0 Å². The van der Waals surface area contributed by atoms with Crippen LogP contribution in [0, 0.1) is 0 Å². The van der Waals surface area contributed by atoms with Gasteiger partial charge in [0.05, 0.1) is 5.38 Å². The Kier molecular flexibility index (Phi) is 5.14. The van der Waals surface area contributed by atoms with Gasteiger partial charge in [-0.2, -0.15) is 0 Å². The Morgan fingerprint density at radius 3 is 2.27 bits per heavy atom. The van der Waals surface area contributed by atoms with Crippen molar-refractivity contribution in [2.75, 3.05) is 26.0 Å². The summed E-state index contributed by atoms with van der Waals surface area (Å²) in [5.74, 6) is 0.768. The van der Waals surface area contributed by atoms with E-state index in [1.807, 2.05) is 50.2 Å². The Morgan fingerprint density at radius 1 is 1.14 bits per heavy atom. The minimum atomic E-state index is -0.245. The van der Waals surface area contributed by atoms with Gasteiger partial charge in [-0.25, -0.2) is 0 Å². The van der Waals surface area contributed by atoms with Gasteiger partial charge in [-0.3, -0.25) is 4.79 Å². The molecule has 0 N–H and O–H groups in total. The second-order valence-electron chi connectivity index (χ2n) is 5.54. The lowest BCUT2D eigenvalue weighted by Crippen LogP contribution is -2.25. The van der Waals surface area contributed by atoms with Crippen molar-refractivity contribution in [1.82, 2.24) is 4.90 Å². The molecule has 0 bridgehead atoms. The van der Waals surface area contributed by atoms with E-state index in [9.17, 15) is 4.79 Å². The van der Waals surface area contributed by atoms with Crippen LogP contribution in [0.5, 0.6) is 0 Å². The maximum Gasteiger partial charge on any atom is 0.289 e. The highest BCUT2D eigenvalue weighted by molar-refractivity contribution is 6.20. The smallest absolute Gasteiger partial charge is 0.289 e. The average molecular weight is 321 g/mol. The zero-order valence-corrected chi connectivity index (χ0v) is 14.1. The van der Waals surface area contributed by atoms with E-state index in [-0.39, 0.29) is 11.3 Å². The second kappa shape index (κ2) is 6.88. The molecule has 1 amide bonds. The molecule has 0 saturated heterocycles. The number of carbonyl (C=O) groups excluding carboxylic acids is 1. The van der Waals surface area contributed by atoms with Gasteiger partial charge in [0.25, 0.3) is 5.91 Å². The molecule has 1 aromatic heterocycles. The molecule has 2 aromatic rings. The number of hydrogen-bond acceptors (Lipinski definition) is 3. The Bertz CT molecular complexity index is 632. The van der Waals surface area contributed by atoms with Gasteiger partial charge in [-0.05, 0) is 36.8 Å². The van der Waals surface area contributed by atoms with Crippen molar-refractivity contribution in [2.24, 2.45) is 0 Å². The van der Waals surface area contributed by atoms with Gasteiger partial charge in [0.2, 0.25) is 0 Å². The molecule has 1 atom stereocenters. The lowest BCUT2D eigenvalue weighted by atomic mass is 10.2. The topological polar surface area (TPSA) is 36.7 Å². The molecule has 22 heavy (non-hydrogen) atoms. The number of nitrogens with zero attached hydrogens (tertiary/aromatic N) is 2. The van der Waals surface area contributed by atoms with Crippen LogP contribution >= 0.6 is 11.6 Å². The van der Waals surface area contributed by atoms with Crippen LogP contribution in [0.3, 0.4) is 0 Å². The summed E-state index contributed by atoms with van der Waals surface area (Å²) in [5, 5.41) is -0.245. The van der Waals surface area contributed by atoms with Crippen LogP contribution in [0.1, 0.15) is 34.2 Å². The summed E-state index contributed by atoms with van der Waals surface area (Å²) in [5.41, 5.74) is 2.20. The number of rotatable bonds is 5. The molecule has 0 aliphatic rings. The van der Waals surface area contributed by atoms with Crippen molar-refractivity contribution in [2.45, 2.75) is 18.8 Å². The van der Waals surface area contributed by atoms with Gasteiger partial charge in [0.15, 0.2) is 5.76 Å². The number of hydrogen-bond donors (Lipinski definition) is 0. The number of benzene rings is 1. The van der Waals surface area contributed by atoms with Gasteiger partial charge < -0.3 is 14.2 Å². The highest BCUT2D eigenvalue weighted by atomic mass is 35.5. The molecule has 1 heterocycles. The predicted molar refractivity (Wildman–Crippen MR) is 89.5 cm³/mol. The SMILES string of the molecule is CC(Cl)c1ccc(C(=O)N(C)Cc2ccc(N(C)C)cc2)o1. The lowest BCUT2D eigenvalue weighted by Gasteiger charge is -2.17. The Balaban J connectivity index is 2.04. The summed E-state index contributed by atoms with van der Waals surface area (Å²) < 4.78 is 5.49. The molecule has 0 spiro atoms. The van der Waals surface area contributed by atoms with Crippen molar-refractivity contribution in [3.8, 4) is 0 Å². The average Bonchev–Trinajstić information content (AvgIpc) is 2.97. The van der Waals surface area contributed by atoms with E-state index in [4.69, 9.17) is 16.0 Å². The van der Waals surface area contributed by atoms with Crippen LogP contribution < -0.4 is 4.90 Å². The second-order valence-corrected chi connectivity index (χ2v) is 6.19. The molecule has 2 rings (SSSR count). The van der Waals surface area contributed by atoms with Crippen molar-refractivity contribution < 1.29 is 9.21 Å². The number of halogens is 1. The number of carbonyl (C=O) groups is 1. The Hall–Kier alpha value is -1.94. The van der Waals surface area contributed by atoms with E-state index in [1.165, 1.54) is 0 Å². The minimum absolute atomic E-state index is 0.153. The summed E-state index contributed by atoms with van der Waals surface area (Å²) in [6.45, 7) is 2.34. The molecule has 1 aromatic carbocycles. The first-order valence-electron chi connectivity index (χ1n) is 7.14. The van der Waals surface area contributed by atoms with Crippen LogP contribution in [0.4, 0.5) is 5.69 Å². The van der Waals surface area contributed by atoms with Crippen LogP contribution in [0.15, 0.2) is 40.8 Å². The van der Waals surface area contributed by atoms with Gasteiger partial charge >= 0.3 is 0 Å². The van der Waals surface area contributed by atoms with Gasteiger partial charge in [-0.15, -0.1) is 11.6 Å². The third-order valence-electron chi connectivity index (χ3n) is 3.45. The Labute approximate surface area is 136 Å². The van der Waals surface area contributed by atoms with Crippen molar-refractivity contribution in [1.29, 1.82) is 0 Å². The summed E-state index contributed by atoms with van der Waals surface area (Å²) in [4.78, 5) is 16.0. The largest absolute Gasteiger partial charge is 0.454 e. The highest BCUT2D eigenvalue weighted by Crippen LogP contribution is 2.22. The fourth-order valence-electron chi connectivity index (χ4n) is 2.11. The Morgan fingerprint density at radius 2 is 1.77 bits per heavy atom. The number of amides is 1. The fraction of sp³-hybridized carbons (Fsp3) is 0.353. The first-order chi connectivity index (χ1) is 10.4. The zero-order valence-electron chi connectivity index (χ0n) is 13.3. The number of furan rings is 1. The van der Waals surface area contributed by atoms with Gasteiger partial charge in [0.1, 0.15) is 5.76 Å². The quantitative estimate of drug-likeness (QED) is 0.784. The molecule has 4 nitrogen and oxygen atoms in total. The predicted octanol–water partition coefficient (Wildman–Crippen LogP) is 3.92. The molecule has 0 aliphatic carbocycles. The highest BCUT2D eigenvalue weighted by Gasteiger charge is 2.17. The van der Waals surface area contributed by atoms with E-state index >= 15 is 0 Å². The van der Waals surface area contributed by atoms with E-state index in [2.05, 4.69) is 0 Å². The normalized spacial score (nSPS) is 12.0. The summed E-state index contributed by atoms with van der Waals surface area (Å²) >= 11 is 5.95. The molecule has 0 aliphatic heterocycles. The molecule has 0 radical (unpaired) electrons. The van der Waals surface area contributed by atoms with E-state index in [1.54, 1.807) is 24.1 Å². The van der Waals surface area contributed by atoms with Gasteiger partial charge in [-0.1, -0.05) is 12.1 Å². The molecular formula is C17H21ClN2O2. The van der Waals surface area contributed by atoms with Crippen molar-refractivity contribution >= 4 is 23.2 Å². The standard InChI is InChI=1S/C17H21ClN2O2/c1-12(18)15-9-10-16(22-15)17(21)20(4)11-13-5-7-14(8-6-13)19(2)3/h5-10,12H,11H2,1-4H3. The van der Waals surface area contributed by atoms with Crippen LogP contribution in [-0.4, -0.2) is 32.0 Å². The van der Waals surface area contributed by atoms with E-state index in [0.717, 1.165) is 11.3 Å². The van der Waals surface area contributed by atoms with E-state index in [0.29, 0.717) is 18.1 Å². The first kappa shape index (κ1) is 16.4. The third-order valence-corrected chi connectivity index (χ3v) is 3.66. The first-order valence-corrected chi connectivity index (χ1v) is 7.57. The molecule has 1 unspecified atom stereocenters. The van der Waals surface area contributed by atoms with Gasteiger partial charge in [0, 0.05) is 33.4 Å². The summed E-state index contributed by atoms with van der Waals surface area (Å²) in [7, 11) is 5.75. The minimum Gasteiger partial charge on any atom is -0.454 e. The maximum atomic E-state index is 12.3. The molecule has 0 saturated carbocycles. The fourth-order valence-corrected chi connectivity index (χ4v) is 2.23. The molecule has 5 heteroatoms. The molecule has 118 valence electrons. The lowest BCUT2D eigenvalue weighted by molar-refractivity contribution is 0.0751. The number of anilines is 1. The third kappa shape index (κ3) is 3.83. The molecular weight excluding hydrogens is 300 g/mol. The monoisotopic (exact) mass is 320 g/mol. The maximum absolute atomic E-state index is 12.3. The van der Waals surface area contributed by atoms with Crippen LogP contribution in [0.25, 0.3) is 0 Å².